The predicted octanol–water partition coefficient (Wildman–Crippen LogP) is 4.82. The number of nitrogens with zero attached hydrogens (tertiary/aromatic N) is 4. The highest BCUT2D eigenvalue weighted by Gasteiger charge is 2.33. The molecule has 0 saturated heterocycles. The molecule has 5 rings (SSSR count). The second-order valence-electron chi connectivity index (χ2n) is 6.60. The van der Waals surface area contributed by atoms with E-state index in [1.165, 1.54) is 0 Å². The van der Waals surface area contributed by atoms with Crippen molar-refractivity contribution in [1.82, 2.24) is 9.88 Å². The number of fused-ring (bicyclic) bond motifs is 5. The van der Waals surface area contributed by atoms with E-state index in [0.717, 1.165) is 66.2 Å². The molecule has 2 aromatic heterocycles. The minimum Gasteiger partial charge on any atom is -0.396 e. The Hall–Kier alpha value is -1.74. The van der Waals surface area contributed by atoms with E-state index in [1.54, 1.807) is 23.1 Å². The second kappa shape index (κ2) is 7.26. The summed E-state index contributed by atoms with van der Waals surface area (Å²) in [5.74, 6) is 1.62. The van der Waals surface area contributed by atoms with E-state index >= 15 is 0 Å². The summed E-state index contributed by atoms with van der Waals surface area (Å²) in [7, 11) is 0. The Morgan fingerprint density at radius 1 is 1.29 bits per heavy atom. The third-order valence-corrected chi connectivity index (χ3v) is 7.28. The lowest BCUT2D eigenvalue weighted by Gasteiger charge is -2.25. The van der Waals surface area contributed by atoms with Gasteiger partial charge in [0.05, 0.1) is 23.7 Å². The summed E-state index contributed by atoms with van der Waals surface area (Å²) in [5.41, 5.74) is 4.25. The van der Waals surface area contributed by atoms with E-state index in [0.29, 0.717) is 5.75 Å². The van der Waals surface area contributed by atoms with E-state index in [9.17, 15) is 5.11 Å². The molecule has 0 unspecified atom stereocenters. The van der Waals surface area contributed by atoms with Crippen LogP contribution < -0.4 is 0 Å². The maximum atomic E-state index is 9.27. The molecule has 0 aliphatic carbocycles. The molecule has 142 valence electrons. The van der Waals surface area contributed by atoms with Crippen molar-refractivity contribution in [3.8, 4) is 11.1 Å². The molecule has 5 nitrogen and oxygen atoms in total. The molecule has 0 amide bonds. The van der Waals surface area contributed by atoms with Gasteiger partial charge in [0, 0.05) is 27.9 Å². The molecule has 1 aromatic carbocycles. The Kier molecular flexibility index (Phi) is 4.74. The van der Waals surface area contributed by atoms with Crippen LogP contribution in [0.3, 0.4) is 0 Å². The van der Waals surface area contributed by atoms with Gasteiger partial charge in [0.1, 0.15) is 10.7 Å². The number of aliphatic imine (C=N–C) groups is 2. The number of aromatic nitrogens is 1. The van der Waals surface area contributed by atoms with Gasteiger partial charge in [-0.2, -0.15) is 0 Å². The van der Waals surface area contributed by atoms with Crippen molar-refractivity contribution in [3.05, 3.63) is 45.4 Å². The molecule has 4 heterocycles. The minimum atomic E-state index is 0.131. The Morgan fingerprint density at radius 2 is 2.11 bits per heavy atom. The third kappa shape index (κ3) is 2.99. The van der Waals surface area contributed by atoms with Gasteiger partial charge in [-0.3, -0.25) is 4.99 Å². The highest BCUT2D eigenvalue weighted by molar-refractivity contribution is 9.10. The highest BCUT2D eigenvalue weighted by atomic mass is 79.9. The second-order valence-corrected chi connectivity index (χ2v) is 9.58. The third-order valence-electron chi connectivity index (χ3n) is 4.72. The lowest BCUT2D eigenvalue weighted by Crippen LogP contribution is -2.35. The lowest BCUT2D eigenvalue weighted by molar-refractivity contribution is 0.322. The molecule has 0 radical (unpaired) electrons. The first-order chi connectivity index (χ1) is 13.7. The summed E-state index contributed by atoms with van der Waals surface area (Å²) in [6.45, 7) is 3.78. The molecule has 3 aromatic rings. The van der Waals surface area contributed by atoms with E-state index < -0.39 is 0 Å². The molecule has 28 heavy (non-hydrogen) atoms. The minimum absolute atomic E-state index is 0.131. The van der Waals surface area contributed by atoms with Crippen LogP contribution in [0.15, 0.2) is 44.8 Å². The molecule has 0 spiro atoms. The zero-order valence-corrected chi connectivity index (χ0v) is 18.4. The monoisotopic (exact) mass is 472 g/mol. The zero-order chi connectivity index (χ0) is 19.3. The fraction of sp³-hybridized carbons (Fsp3) is 0.250. The number of aliphatic hydroxyl groups is 1. The van der Waals surface area contributed by atoms with Crippen LogP contribution in [0.5, 0.6) is 0 Å². The van der Waals surface area contributed by atoms with E-state index in [1.807, 2.05) is 6.92 Å². The van der Waals surface area contributed by atoms with Crippen LogP contribution in [0.1, 0.15) is 10.6 Å². The van der Waals surface area contributed by atoms with Crippen LogP contribution in [0, 0.1) is 6.92 Å². The van der Waals surface area contributed by atoms with E-state index in [4.69, 9.17) is 15.0 Å². The summed E-state index contributed by atoms with van der Waals surface area (Å²) in [6.07, 6.45) is 0. The summed E-state index contributed by atoms with van der Waals surface area (Å²) in [6, 6.07) is 10.5. The zero-order valence-electron chi connectivity index (χ0n) is 15.1. The fourth-order valence-corrected chi connectivity index (χ4v) is 5.78. The molecular weight excluding hydrogens is 456 g/mol. The first-order valence-corrected chi connectivity index (χ1v) is 11.6. The number of rotatable bonds is 3. The number of hydrogen-bond donors (Lipinski definition) is 1. The molecule has 0 saturated carbocycles. The van der Waals surface area contributed by atoms with Crippen LogP contribution >= 0.6 is 39.0 Å². The van der Waals surface area contributed by atoms with Crippen LogP contribution in [0.4, 0.5) is 5.69 Å². The van der Waals surface area contributed by atoms with Crippen LogP contribution in [-0.2, 0) is 0 Å². The van der Waals surface area contributed by atoms with Gasteiger partial charge in [-0.15, -0.1) is 11.3 Å². The van der Waals surface area contributed by atoms with Gasteiger partial charge in [0.15, 0.2) is 5.17 Å². The van der Waals surface area contributed by atoms with Gasteiger partial charge in [0.2, 0.25) is 0 Å². The smallest absolute Gasteiger partial charge is 0.170 e. The molecular formula is C20H17BrN4OS2. The van der Waals surface area contributed by atoms with Crippen LogP contribution in [0.2, 0.25) is 0 Å². The van der Waals surface area contributed by atoms with Crippen molar-refractivity contribution >= 4 is 65.9 Å². The molecule has 2 aliphatic heterocycles. The summed E-state index contributed by atoms with van der Waals surface area (Å²) < 4.78 is 1.06. The topological polar surface area (TPSA) is 61.1 Å². The van der Waals surface area contributed by atoms with Gasteiger partial charge in [0.25, 0.3) is 0 Å². The molecule has 8 heteroatoms. The number of thiophene rings is 1. The summed E-state index contributed by atoms with van der Waals surface area (Å²) in [4.78, 5) is 18.8. The molecule has 0 atom stereocenters. The van der Waals surface area contributed by atoms with Gasteiger partial charge >= 0.3 is 0 Å². The average molecular weight is 473 g/mol. The SMILES string of the molecule is Cc1cc(-c2ccc(Br)cc2)c2c3c(sc2n1)C1=NCCN1C(SCCO)=N3. The molecule has 0 bridgehead atoms. The first kappa shape index (κ1) is 18.3. The first-order valence-electron chi connectivity index (χ1n) is 9.00. The number of amidine groups is 2. The molecule has 2 aliphatic rings. The van der Waals surface area contributed by atoms with E-state index in [-0.39, 0.29) is 6.61 Å². The number of halogens is 1. The summed E-state index contributed by atoms with van der Waals surface area (Å²) in [5, 5.41) is 11.3. The van der Waals surface area contributed by atoms with Crippen molar-refractivity contribution < 1.29 is 5.11 Å². The maximum Gasteiger partial charge on any atom is 0.170 e. The van der Waals surface area contributed by atoms with Crippen molar-refractivity contribution in [3.63, 3.8) is 0 Å². The largest absolute Gasteiger partial charge is 0.396 e. The number of aryl methyl sites for hydroxylation is 1. The van der Waals surface area contributed by atoms with Crippen molar-refractivity contribution in [1.29, 1.82) is 0 Å². The number of thioether (sulfide) groups is 1. The van der Waals surface area contributed by atoms with Gasteiger partial charge in [-0.25, -0.2) is 9.98 Å². The lowest BCUT2D eigenvalue weighted by atomic mass is 10.0. The number of aliphatic hydroxyl groups excluding tert-OH is 1. The van der Waals surface area contributed by atoms with Crippen LogP contribution in [-0.4, -0.2) is 51.4 Å². The molecule has 0 fully saturated rings. The number of hydrogen-bond acceptors (Lipinski definition) is 7. The van der Waals surface area contributed by atoms with Crippen LogP contribution in [0.25, 0.3) is 21.3 Å². The Morgan fingerprint density at radius 3 is 2.89 bits per heavy atom. The molecule has 1 N–H and O–H groups in total. The quantitative estimate of drug-likeness (QED) is 0.593. The number of pyridine rings is 1. The van der Waals surface area contributed by atoms with E-state index in [2.05, 4.69) is 51.2 Å². The maximum absolute atomic E-state index is 9.27. The van der Waals surface area contributed by atoms with Crippen molar-refractivity contribution in [2.75, 3.05) is 25.4 Å². The Balaban J connectivity index is 1.77. The Bertz CT molecular complexity index is 1140. The highest BCUT2D eigenvalue weighted by Crippen LogP contribution is 2.46. The van der Waals surface area contributed by atoms with Crippen molar-refractivity contribution in [2.45, 2.75) is 6.92 Å². The predicted molar refractivity (Wildman–Crippen MR) is 122 cm³/mol. The summed E-state index contributed by atoms with van der Waals surface area (Å²) >= 11 is 6.77. The van der Waals surface area contributed by atoms with Gasteiger partial charge < -0.3 is 10.0 Å². The average Bonchev–Trinajstić information content (AvgIpc) is 3.30. The standard InChI is InChI=1S/C20H17BrN4OS2/c1-11-10-14(12-2-4-13(21)5-3-12)15-16-17(28-19(15)23-11)18-22-6-7-25(18)20(24-16)27-9-8-26/h2-5,10,26H,6-9H2,1H3. The fourth-order valence-electron chi connectivity index (χ4n) is 3.55. The van der Waals surface area contributed by atoms with Gasteiger partial charge in [-0.05, 0) is 36.2 Å². The Labute approximate surface area is 179 Å². The van der Waals surface area contributed by atoms with Gasteiger partial charge in [-0.1, -0.05) is 39.8 Å². The number of benzene rings is 1. The normalized spacial score (nSPS) is 15.5. The van der Waals surface area contributed by atoms with Crippen molar-refractivity contribution in [2.24, 2.45) is 9.98 Å².